The molecule has 0 aromatic carbocycles. The van der Waals surface area contributed by atoms with E-state index in [4.69, 9.17) is 0 Å². The largest absolute Gasteiger partial charge is 0.332 e. The molecule has 0 aliphatic rings. The summed E-state index contributed by atoms with van der Waals surface area (Å²) in [5.41, 5.74) is -1.93. The SMILES string of the molecule is CC(CS(=O)(=O)Cn1cnc2c1c(=O)n(C)c(=O)n2C)=C(F)F. The first-order chi connectivity index (χ1) is 10.5. The van der Waals surface area contributed by atoms with Crippen molar-refractivity contribution in [1.82, 2.24) is 18.7 Å². The fourth-order valence-electron chi connectivity index (χ4n) is 2.14. The number of hydrogen-bond donors (Lipinski definition) is 0. The highest BCUT2D eigenvalue weighted by Crippen LogP contribution is 2.13. The Bertz CT molecular complexity index is 1030. The third kappa shape index (κ3) is 3.09. The van der Waals surface area contributed by atoms with Crippen molar-refractivity contribution in [3.63, 3.8) is 0 Å². The van der Waals surface area contributed by atoms with Gasteiger partial charge >= 0.3 is 5.69 Å². The third-order valence-electron chi connectivity index (χ3n) is 3.31. The van der Waals surface area contributed by atoms with Crippen LogP contribution in [0.1, 0.15) is 6.92 Å². The Kier molecular flexibility index (Phi) is 4.24. The number of rotatable bonds is 4. The number of hydrogen-bond acceptors (Lipinski definition) is 5. The van der Waals surface area contributed by atoms with Gasteiger partial charge in [-0.25, -0.2) is 18.2 Å². The molecule has 8 nitrogen and oxygen atoms in total. The molecule has 2 rings (SSSR count). The van der Waals surface area contributed by atoms with Crippen molar-refractivity contribution in [2.45, 2.75) is 12.8 Å². The molecular formula is C12H14F2N4O4S. The van der Waals surface area contributed by atoms with E-state index in [0.717, 1.165) is 27.0 Å². The van der Waals surface area contributed by atoms with Crippen LogP contribution >= 0.6 is 0 Å². The predicted molar refractivity (Wildman–Crippen MR) is 78.9 cm³/mol. The summed E-state index contributed by atoms with van der Waals surface area (Å²) in [6.07, 6.45) is -0.962. The van der Waals surface area contributed by atoms with Crippen LogP contribution in [-0.2, 0) is 29.8 Å². The molecule has 0 atom stereocenters. The van der Waals surface area contributed by atoms with Gasteiger partial charge in [0.25, 0.3) is 11.6 Å². The number of fused-ring (bicyclic) bond motifs is 1. The zero-order valence-electron chi connectivity index (χ0n) is 12.6. The molecular weight excluding hydrogens is 334 g/mol. The van der Waals surface area contributed by atoms with Crippen LogP contribution in [0.25, 0.3) is 11.2 Å². The summed E-state index contributed by atoms with van der Waals surface area (Å²) in [5, 5.41) is 0. The molecule has 0 N–H and O–H groups in total. The van der Waals surface area contributed by atoms with Gasteiger partial charge in [-0.1, -0.05) is 0 Å². The average Bonchev–Trinajstić information content (AvgIpc) is 2.85. The van der Waals surface area contributed by atoms with Crippen LogP contribution in [0.4, 0.5) is 8.78 Å². The molecule has 0 saturated heterocycles. The summed E-state index contributed by atoms with van der Waals surface area (Å²) in [6.45, 7) is 1.02. The van der Waals surface area contributed by atoms with Gasteiger partial charge < -0.3 is 4.57 Å². The molecule has 0 radical (unpaired) electrons. The topological polar surface area (TPSA) is 96.0 Å². The molecule has 0 unspecified atom stereocenters. The third-order valence-corrected chi connectivity index (χ3v) is 4.86. The van der Waals surface area contributed by atoms with E-state index in [1.54, 1.807) is 0 Å². The molecule has 0 spiro atoms. The molecule has 126 valence electrons. The van der Waals surface area contributed by atoms with Crippen LogP contribution < -0.4 is 11.2 Å². The average molecular weight is 348 g/mol. The molecule has 23 heavy (non-hydrogen) atoms. The number of halogens is 2. The maximum absolute atomic E-state index is 12.4. The normalized spacial score (nSPS) is 11.9. The second-order valence-electron chi connectivity index (χ2n) is 5.15. The van der Waals surface area contributed by atoms with E-state index in [1.165, 1.54) is 14.1 Å². The van der Waals surface area contributed by atoms with E-state index in [-0.39, 0.29) is 11.2 Å². The lowest BCUT2D eigenvalue weighted by Crippen LogP contribution is -2.37. The minimum atomic E-state index is -3.94. The van der Waals surface area contributed by atoms with Gasteiger partial charge in [-0.2, -0.15) is 8.78 Å². The fourth-order valence-corrected chi connectivity index (χ4v) is 3.62. The maximum Gasteiger partial charge on any atom is 0.332 e. The zero-order chi connectivity index (χ0) is 17.5. The lowest BCUT2D eigenvalue weighted by atomic mass is 10.4. The molecule has 2 aromatic rings. The van der Waals surface area contributed by atoms with Crippen molar-refractivity contribution in [3.8, 4) is 0 Å². The molecule has 0 fully saturated rings. The monoisotopic (exact) mass is 348 g/mol. The van der Waals surface area contributed by atoms with Gasteiger partial charge in [-0.05, 0) is 6.92 Å². The van der Waals surface area contributed by atoms with Crippen LogP contribution in [0.2, 0.25) is 0 Å². The second-order valence-corrected chi connectivity index (χ2v) is 7.18. The number of nitrogens with zero attached hydrogens (tertiary/aromatic N) is 4. The quantitative estimate of drug-likeness (QED) is 0.773. The van der Waals surface area contributed by atoms with Crippen LogP contribution in [0.3, 0.4) is 0 Å². The lowest BCUT2D eigenvalue weighted by molar-refractivity contribution is 0.412. The van der Waals surface area contributed by atoms with Gasteiger partial charge in [0.1, 0.15) is 5.88 Å². The summed E-state index contributed by atoms with van der Waals surface area (Å²) >= 11 is 0. The van der Waals surface area contributed by atoms with E-state index in [2.05, 4.69) is 4.98 Å². The molecule has 2 aromatic heterocycles. The van der Waals surface area contributed by atoms with Crippen molar-refractivity contribution >= 4 is 21.0 Å². The van der Waals surface area contributed by atoms with Crippen molar-refractivity contribution < 1.29 is 17.2 Å². The zero-order valence-corrected chi connectivity index (χ0v) is 13.4. The Morgan fingerprint density at radius 1 is 1.22 bits per heavy atom. The Balaban J connectivity index is 2.57. The highest BCUT2D eigenvalue weighted by atomic mass is 32.2. The lowest BCUT2D eigenvalue weighted by Gasteiger charge is -2.08. The Labute approximate surface area is 129 Å². The van der Waals surface area contributed by atoms with E-state index in [0.29, 0.717) is 0 Å². The highest BCUT2D eigenvalue weighted by molar-refractivity contribution is 7.90. The van der Waals surface area contributed by atoms with Crippen LogP contribution in [0.5, 0.6) is 0 Å². The predicted octanol–water partition coefficient (Wildman–Crippen LogP) is -0.0235. The van der Waals surface area contributed by atoms with Gasteiger partial charge in [0.15, 0.2) is 21.0 Å². The highest BCUT2D eigenvalue weighted by Gasteiger charge is 2.20. The summed E-state index contributed by atoms with van der Waals surface area (Å²) in [6, 6.07) is 0. The summed E-state index contributed by atoms with van der Waals surface area (Å²) in [7, 11) is -1.30. The van der Waals surface area contributed by atoms with Gasteiger partial charge in [0, 0.05) is 19.7 Å². The first-order valence-electron chi connectivity index (χ1n) is 6.37. The molecule has 0 bridgehead atoms. The van der Waals surface area contributed by atoms with Crippen molar-refractivity contribution in [1.29, 1.82) is 0 Å². The van der Waals surface area contributed by atoms with Crippen LogP contribution in [-0.4, -0.2) is 32.9 Å². The molecule has 0 saturated carbocycles. The number of sulfone groups is 1. The standard InChI is InChI=1S/C12H14F2N4O4S/c1-7(9(13)14)4-23(21,22)6-18-5-15-10-8(18)11(19)17(3)12(20)16(10)2/h5H,4,6H2,1-3H3. The molecule has 0 amide bonds. The summed E-state index contributed by atoms with van der Waals surface area (Å²) in [4.78, 5) is 27.8. The van der Waals surface area contributed by atoms with Gasteiger partial charge in [-0.15, -0.1) is 0 Å². The first kappa shape index (κ1) is 17.1. The van der Waals surface area contributed by atoms with Crippen molar-refractivity contribution in [3.05, 3.63) is 38.8 Å². The van der Waals surface area contributed by atoms with Crippen LogP contribution in [0, 0.1) is 0 Å². The van der Waals surface area contributed by atoms with Gasteiger partial charge in [0.05, 0.1) is 12.1 Å². The van der Waals surface area contributed by atoms with Crippen LogP contribution in [0.15, 0.2) is 27.6 Å². The van der Waals surface area contributed by atoms with E-state index >= 15 is 0 Å². The van der Waals surface area contributed by atoms with Crippen molar-refractivity contribution in [2.75, 3.05) is 5.75 Å². The minimum Gasteiger partial charge on any atom is -0.310 e. The van der Waals surface area contributed by atoms with Gasteiger partial charge in [0.2, 0.25) is 0 Å². The molecule has 0 aliphatic heterocycles. The van der Waals surface area contributed by atoms with Gasteiger partial charge in [-0.3, -0.25) is 13.9 Å². The Hall–Kier alpha value is -2.30. The fraction of sp³-hybridized carbons (Fsp3) is 0.417. The summed E-state index contributed by atoms with van der Waals surface area (Å²) in [5.74, 6) is -1.53. The van der Waals surface area contributed by atoms with E-state index in [1.807, 2.05) is 0 Å². The number of aromatic nitrogens is 4. The smallest absolute Gasteiger partial charge is 0.310 e. The molecule has 2 heterocycles. The number of aryl methyl sites for hydroxylation is 1. The first-order valence-corrected chi connectivity index (χ1v) is 8.19. The van der Waals surface area contributed by atoms with Crippen molar-refractivity contribution in [2.24, 2.45) is 14.1 Å². The summed E-state index contributed by atoms with van der Waals surface area (Å²) < 4.78 is 51.8. The Morgan fingerprint density at radius 3 is 2.39 bits per heavy atom. The van der Waals surface area contributed by atoms with E-state index < -0.39 is 44.4 Å². The second kappa shape index (κ2) is 5.72. The van der Waals surface area contributed by atoms with E-state index in [9.17, 15) is 26.8 Å². The molecule has 0 aliphatic carbocycles. The number of imidazole rings is 1. The Morgan fingerprint density at radius 2 is 1.83 bits per heavy atom. The minimum absolute atomic E-state index is 0.0252. The molecule has 11 heteroatoms. The maximum atomic E-state index is 12.4.